The lowest BCUT2D eigenvalue weighted by molar-refractivity contribution is -0.172. The van der Waals surface area contributed by atoms with Crippen molar-refractivity contribution in [3.8, 4) is 0 Å². The van der Waals surface area contributed by atoms with E-state index in [0.29, 0.717) is 12.0 Å². The number of fused-ring (bicyclic) bond motifs is 3. The first-order valence-electron chi connectivity index (χ1n) is 9.23. The summed E-state index contributed by atoms with van der Waals surface area (Å²) in [4.78, 5) is 37.8. The van der Waals surface area contributed by atoms with Gasteiger partial charge in [0.05, 0.1) is 11.2 Å². The number of hydrogen-bond donors (Lipinski definition) is 0. The maximum atomic E-state index is 12.9. The summed E-state index contributed by atoms with van der Waals surface area (Å²) in [5, 5.41) is 0. The second-order valence-electron chi connectivity index (χ2n) is 8.27. The van der Waals surface area contributed by atoms with E-state index in [9.17, 15) is 14.4 Å². The molecule has 0 radical (unpaired) electrons. The number of ketones is 1. The highest BCUT2D eigenvalue weighted by Gasteiger charge is 2.76. The minimum atomic E-state index is -1.42. The Hall–Kier alpha value is -1.99. The van der Waals surface area contributed by atoms with Gasteiger partial charge in [0.15, 0.2) is 17.5 Å². The molecule has 7 heteroatoms. The van der Waals surface area contributed by atoms with Crippen LogP contribution >= 0.6 is 0 Å². The van der Waals surface area contributed by atoms with Gasteiger partial charge < -0.3 is 18.9 Å². The second kappa shape index (κ2) is 5.52. The Balaban J connectivity index is 1.81. The van der Waals surface area contributed by atoms with Gasteiger partial charge >= 0.3 is 11.9 Å². The zero-order valence-electron chi connectivity index (χ0n) is 16.0. The van der Waals surface area contributed by atoms with Crippen LogP contribution in [0, 0.1) is 0 Å². The molecule has 0 amide bonds. The average molecular weight is 376 g/mol. The molecular formula is C20H24O7. The highest BCUT2D eigenvalue weighted by molar-refractivity contribution is 5.96. The molecule has 4 rings (SSSR count). The monoisotopic (exact) mass is 376 g/mol. The Morgan fingerprint density at radius 1 is 1.30 bits per heavy atom. The second-order valence-corrected chi connectivity index (χ2v) is 8.27. The number of hydrogen-bond acceptors (Lipinski definition) is 7. The summed E-state index contributed by atoms with van der Waals surface area (Å²) in [6, 6.07) is 0. The largest absolute Gasteiger partial charge is 0.455 e. The van der Waals surface area contributed by atoms with Gasteiger partial charge in [-0.15, -0.1) is 0 Å². The Morgan fingerprint density at radius 3 is 2.67 bits per heavy atom. The van der Waals surface area contributed by atoms with Crippen molar-refractivity contribution in [1.29, 1.82) is 0 Å². The SMILES string of the molecule is C=C1C(=O)OC2C3OC3(C)CCC(=O)C3(C)CC(OC(=O)C(C)=CC)C12O3. The molecule has 0 saturated carbocycles. The van der Waals surface area contributed by atoms with Gasteiger partial charge in [-0.25, -0.2) is 9.59 Å². The van der Waals surface area contributed by atoms with Crippen LogP contribution in [0.3, 0.4) is 0 Å². The lowest BCUT2D eigenvalue weighted by Gasteiger charge is -2.34. The van der Waals surface area contributed by atoms with E-state index in [1.165, 1.54) is 0 Å². The third kappa shape index (κ3) is 2.37. The van der Waals surface area contributed by atoms with Crippen LogP contribution in [0.1, 0.15) is 47.0 Å². The summed E-state index contributed by atoms with van der Waals surface area (Å²) in [5.74, 6) is -1.24. The normalized spacial score (nSPS) is 46.0. The van der Waals surface area contributed by atoms with Crippen molar-refractivity contribution in [2.24, 2.45) is 0 Å². The molecule has 146 valence electrons. The number of carbonyl (C=O) groups excluding carboxylic acids is 3. The van der Waals surface area contributed by atoms with Crippen molar-refractivity contribution < 1.29 is 33.3 Å². The maximum absolute atomic E-state index is 12.9. The summed E-state index contributed by atoms with van der Waals surface area (Å²) in [6.45, 7) is 10.8. The first-order valence-corrected chi connectivity index (χ1v) is 9.23. The summed E-state index contributed by atoms with van der Waals surface area (Å²) in [6.07, 6.45) is 0.475. The lowest BCUT2D eigenvalue weighted by atomic mass is 9.78. The molecule has 4 aliphatic heterocycles. The van der Waals surface area contributed by atoms with E-state index < -0.39 is 47.1 Å². The van der Waals surface area contributed by atoms with Gasteiger partial charge in [0.2, 0.25) is 0 Å². The van der Waals surface area contributed by atoms with Gasteiger partial charge in [-0.2, -0.15) is 0 Å². The fraction of sp³-hybridized carbons (Fsp3) is 0.650. The van der Waals surface area contributed by atoms with Crippen LogP contribution in [0.25, 0.3) is 0 Å². The number of Topliss-reactive ketones (excluding diaryl/α,β-unsaturated/α-hetero) is 1. The molecular weight excluding hydrogens is 352 g/mol. The zero-order chi connectivity index (χ0) is 19.8. The molecule has 0 N–H and O–H groups in total. The number of allylic oxidation sites excluding steroid dienone is 1. The highest BCUT2D eigenvalue weighted by Crippen LogP contribution is 2.58. The highest BCUT2D eigenvalue weighted by atomic mass is 16.7. The van der Waals surface area contributed by atoms with Crippen LogP contribution in [0.5, 0.6) is 0 Å². The van der Waals surface area contributed by atoms with E-state index in [4.69, 9.17) is 18.9 Å². The molecule has 6 unspecified atom stereocenters. The van der Waals surface area contributed by atoms with Crippen molar-refractivity contribution in [2.75, 3.05) is 0 Å². The molecule has 7 nitrogen and oxygen atoms in total. The molecule has 4 aliphatic rings. The van der Waals surface area contributed by atoms with Gasteiger partial charge in [-0.05, 0) is 34.1 Å². The molecule has 4 saturated heterocycles. The smallest absolute Gasteiger partial charge is 0.337 e. The van der Waals surface area contributed by atoms with Gasteiger partial charge in [0.1, 0.15) is 17.8 Å². The number of epoxide rings is 1. The number of esters is 2. The van der Waals surface area contributed by atoms with Crippen LogP contribution in [-0.4, -0.2) is 52.8 Å². The molecule has 27 heavy (non-hydrogen) atoms. The van der Waals surface area contributed by atoms with E-state index in [1.807, 2.05) is 6.92 Å². The summed E-state index contributed by atoms with van der Waals surface area (Å²) in [7, 11) is 0. The predicted molar refractivity (Wildman–Crippen MR) is 92.7 cm³/mol. The first-order chi connectivity index (χ1) is 12.6. The van der Waals surface area contributed by atoms with Gasteiger partial charge in [-0.1, -0.05) is 12.7 Å². The van der Waals surface area contributed by atoms with E-state index in [-0.39, 0.29) is 24.2 Å². The van der Waals surface area contributed by atoms with Crippen LogP contribution in [0.15, 0.2) is 23.8 Å². The van der Waals surface area contributed by atoms with Crippen LogP contribution in [0.2, 0.25) is 0 Å². The van der Waals surface area contributed by atoms with Crippen molar-refractivity contribution in [1.82, 2.24) is 0 Å². The quantitative estimate of drug-likeness (QED) is 0.412. The van der Waals surface area contributed by atoms with Gasteiger partial charge in [0, 0.05) is 18.4 Å². The Bertz CT molecular complexity index is 798. The van der Waals surface area contributed by atoms with Crippen molar-refractivity contribution in [2.45, 2.75) is 82.1 Å². The van der Waals surface area contributed by atoms with Gasteiger partial charge in [0.25, 0.3) is 0 Å². The van der Waals surface area contributed by atoms with E-state index >= 15 is 0 Å². The fourth-order valence-electron chi connectivity index (χ4n) is 4.48. The molecule has 0 aromatic rings. The standard InChI is InChI=1S/C20H24O7/c1-6-10(2)16(22)24-13-9-19(5)12(21)7-8-18(4)14(26-18)15-20(13,27-19)11(3)17(23)25-15/h6,13-15H,3,7-9H2,1-2,4-5H3. The first kappa shape index (κ1) is 18.4. The Morgan fingerprint density at radius 2 is 2.00 bits per heavy atom. The van der Waals surface area contributed by atoms with Crippen LogP contribution < -0.4 is 0 Å². The Kier molecular flexibility index (Phi) is 3.75. The Labute approximate surface area is 157 Å². The van der Waals surface area contributed by atoms with Crippen molar-refractivity contribution >= 4 is 17.7 Å². The van der Waals surface area contributed by atoms with E-state index in [2.05, 4.69) is 6.58 Å². The van der Waals surface area contributed by atoms with Crippen LogP contribution in [-0.2, 0) is 33.3 Å². The number of carbonyl (C=O) groups is 3. The third-order valence-corrected chi connectivity index (χ3v) is 6.48. The maximum Gasteiger partial charge on any atom is 0.337 e. The third-order valence-electron chi connectivity index (χ3n) is 6.48. The molecule has 4 heterocycles. The molecule has 0 aliphatic carbocycles. The minimum Gasteiger partial charge on any atom is -0.455 e. The molecule has 4 fully saturated rings. The molecule has 6 atom stereocenters. The summed E-state index contributed by atoms with van der Waals surface area (Å²) in [5.41, 5.74) is -2.68. The number of ether oxygens (including phenoxy) is 4. The fourth-order valence-corrected chi connectivity index (χ4v) is 4.48. The topological polar surface area (TPSA) is 91.4 Å². The van der Waals surface area contributed by atoms with Crippen molar-refractivity contribution in [3.05, 3.63) is 23.8 Å². The zero-order valence-corrected chi connectivity index (χ0v) is 16.0. The van der Waals surface area contributed by atoms with Gasteiger partial charge in [-0.3, -0.25) is 4.79 Å². The van der Waals surface area contributed by atoms with Crippen molar-refractivity contribution in [3.63, 3.8) is 0 Å². The van der Waals surface area contributed by atoms with Crippen LogP contribution in [0.4, 0.5) is 0 Å². The van der Waals surface area contributed by atoms with E-state index in [0.717, 1.165) is 0 Å². The van der Waals surface area contributed by atoms with E-state index in [1.54, 1.807) is 26.8 Å². The molecule has 0 aromatic heterocycles. The molecule has 0 aromatic carbocycles. The molecule has 2 bridgehead atoms. The lowest BCUT2D eigenvalue weighted by Crippen LogP contribution is -2.53. The summed E-state index contributed by atoms with van der Waals surface area (Å²) < 4.78 is 23.4. The summed E-state index contributed by atoms with van der Waals surface area (Å²) >= 11 is 0. The predicted octanol–water partition coefficient (Wildman–Crippen LogP) is 1.78. The minimum absolute atomic E-state index is 0.0692. The number of rotatable bonds is 2. The average Bonchev–Trinajstić information content (AvgIpc) is 3.10. The molecule has 1 spiro atoms.